The van der Waals surface area contributed by atoms with E-state index in [2.05, 4.69) is 20.6 Å². The van der Waals surface area contributed by atoms with Crippen molar-refractivity contribution in [1.82, 2.24) is 24.8 Å². The Bertz CT molecular complexity index is 1070. The third-order valence-electron chi connectivity index (χ3n) is 4.95. The number of hydrogen-bond donors (Lipinski definition) is 3. The molecule has 0 aliphatic carbocycles. The van der Waals surface area contributed by atoms with Gasteiger partial charge in [-0.2, -0.15) is 0 Å². The number of hydrogen-bond acceptors (Lipinski definition) is 6. The number of aliphatic hydroxyl groups is 1. The van der Waals surface area contributed by atoms with E-state index in [0.29, 0.717) is 37.5 Å². The lowest BCUT2D eigenvalue weighted by Gasteiger charge is -2.29. The first-order valence-corrected chi connectivity index (χ1v) is 9.60. The molecule has 3 heterocycles. The molecule has 0 saturated carbocycles. The second-order valence-electron chi connectivity index (χ2n) is 6.95. The zero-order valence-corrected chi connectivity index (χ0v) is 16.4. The number of amides is 3. The van der Waals surface area contributed by atoms with Crippen LogP contribution in [0.25, 0.3) is 10.9 Å². The summed E-state index contributed by atoms with van der Waals surface area (Å²) in [5.41, 5.74) is 0.754. The van der Waals surface area contributed by atoms with Crippen LogP contribution in [0.3, 0.4) is 0 Å². The summed E-state index contributed by atoms with van der Waals surface area (Å²) in [6, 6.07) is 8.18. The van der Waals surface area contributed by atoms with Crippen LogP contribution in [0.1, 0.15) is 12.8 Å². The Morgan fingerprint density at radius 3 is 2.70 bits per heavy atom. The van der Waals surface area contributed by atoms with Gasteiger partial charge in [-0.1, -0.05) is 0 Å². The molecule has 1 aromatic carbocycles. The van der Waals surface area contributed by atoms with Crippen LogP contribution in [-0.2, 0) is 0 Å². The number of rotatable bonds is 3. The largest absolute Gasteiger partial charge is 0.439 e. The van der Waals surface area contributed by atoms with E-state index in [1.54, 1.807) is 36.3 Å². The first-order chi connectivity index (χ1) is 14.5. The summed E-state index contributed by atoms with van der Waals surface area (Å²) in [4.78, 5) is 34.0. The number of fused-ring (bicyclic) bond motifs is 1. The average molecular weight is 410 g/mol. The van der Waals surface area contributed by atoms with Crippen LogP contribution < -0.4 is 15.4 Å². The summed E-state index contributed by atoms with van der Waals surface area (Å²) >= 11 is 0. The lowest BCUT2D eigenvalue weighted by molar-refractivity contribution is 0.0972. The second kappa shape index (κ2) is 8.37. The van der Waals surface area contributed by atoms with Crippen LogP contribution >= 0.6 is 0 Å². The Balaban J connectivity index is 1.45. The van der Waals surface area contributed by atoms with Gasteiger partial charge in [-0.05, 0) is 37.1 Å². The number of carbonyl (C=O) groups is 2. The van der Waals surface area contributed by atoms with Gasteiger partial charge < -0.3 is 20.1 Å². The van der Waals surface area contributed by atoms with E-state index >= 15 is 0 Å². The zero-order chi connectivity index (χ0) is 21.1. The lowest BCUT2D eigenvalue weighted by atomic mass is 10.1. The molecule has 0 atom stereocenters. The van der Waals surface area contributed by atoms with E-state index in [1.165, 1.54) is 17.0 Å². The van der Waals surface area contributed by atoms with Gasteiger partial charge in [-0.25, -0.2) is 19.6 Å². The maximum absolute atomic E-state index is 12.4. The topological polar surface area (TPSA) is 122 Å². The number of piperidine rings is 1. The molecule has 1 aliphatic rings. The molecule has 10 nitrogen and oxygen atoms in total. The van der Waals surface area contributed by atoms with Crippen molar-refractivity contribution >= 4 is 28.8 Å². The van der Waals surface area contributed by atoms with Gasteiger partial charge in [-0.15, -0.1) is 0 Å². The summed E-state index contributed by atoms with van der Waals surface area (Å²) in [5.74, 6) is 1.14. The highest BCUT2D eigenvalue weighted by Gasteiger charge is 2.21. The number of anilines is 1. The highest BCUT2D eigenvalue weighted by molar-refractivity contribution is 5.92. The molecule has 1 saturated heterocycles. The van der Waals surface area contributed by atoms with Gasteiger partial charge in [0.05, 0.1) is 11.6 Å². The summed E-state index contributed by atoms with van der Waals surface area (Å²) < 4.78 is 7.32. The van der Waals surface area contributed by atoms with Gasteiger partial charge >= 0.3 is 12.1 Å². The number of nitrogens with zero attached hydrogens (tertiary/aromatic N) is 4. The van der Waals surface area contributed by atoms with Crippen LogP contribution in [0, 0.1) is 0 Å². The zero-order valence-electron chi connectivity index (χ0n) is 16.4. The van der Waals surface area contributed by atoms with Gasteiger partial charge in [0.2, 0.25) is 5.88 Å². The fourth-order valence-electron chi connectivity index (χ4n) is 3.32. The van der Waals surface area contributed by atoms with Crippen molar-refractivity contribution in [3.8, 4) is 11.6 Å². The number of aliphatic hydroxyl groups excluding tert-OH is 1. The van der Waals surface area contributed by atoms with E-state index < -0.39 is 0 Å². The average Bonchev–Trinajstić information content (AvgIpc) is 3.17. The molecule has 1 aliphatic heterocycles. The highest BCUT2D eigenvalue weighted by Crippen LogP contribution is 2.26. The van der Waals surface area contributed by atoms with Crippen LogP contribution in [0.15, 0.2) is 42.9 Å². The van der Waals surface area contributed by atoms with E-state index in [-0.39, 0.29) is 24.0 Å². The molecular weight excluding hydrogens is 388 g/mol. The number of likely N-dealkylation sites (tertiary alicyclic amines) is 1. The van der Waals surface area contributed by atoms with Crippen molar-refractivity contribution in [3.63, 3.8) is 0 Å². The standard InChI is InChI=1S/C20H22N6O4/c1-21-19(28)26-9-4-13-10-15(2-3-16(13)26)30-18-11-17(22-12-23-18)24-20(29)25-7-5-14(27)6-8-25/h2-4,9-12,14,27H,5-8H2,1H3,(H,21,28)(H,22,23,24,29). The Kier molecular flexibility index (Phi) is 5.48. The molecule has 0 spiro atoms. The maximum atomic E-state index is 12.4. The quantitative estimate of drug-likeness (QED) is 0.610. The summed E-state index contributed by atoms with van der Waals surface area (Å²) in [6.45, 7) is 0.994. The molecule has 2 aromatic heterocycles. The fraction of sp³-hybridized carbons (Fsp3) is 0.300. The molecule has 0 unspecified atom stereocenters. The monoisotopic (exact) mass is 410 g/mol. The Morgan fingerprint density at radius 2 is 1.93 bits per heavy atom. The number of aromatic nitrogens is 3. The van der Waals surface area contributed by atoms with Gasteiger partial charge in [0, 0.05) is 37.8 Å². The molecule has 30 heavy (non-hydrogen) atoms. The maximum Gasteiger partial charge on any atom is 0.325 e. The van der Waals surface area contributed by atoms with Crippen molar-refractivity contribution in [3.05, 3.63) is 42.9 Å². The fourth-order valence-corrected chi connectivity index (χ4v) is 3.32. The number of nitrogens with one attached hydrogen (secondary N) is 2. The molecule has 156 valence electrons. The van der Waals surface area contributed by atoms with Crippen LogP contribution in [0.5, 0.6) is 11.6 Å². The van der Waals surface area contributed by atoms with Crippen molar-refractivity contribution in [1.29, 1.82) is 0 Å². The van der Waals surface area contributed by atoms with Crippen LogP contribution in [0.2, 0.25) is 0 Å². The molecule has 4 rings (SSSR count). The summed E-state index contributed by atoms with van der Waals surface area (Å²) in [7, 11) is 1.58. The first-order valence-electron chi connectivity index (χ1n) is 9.60. The Hall–Kier alpha value is -3.66. The smallest absolute Gasteiger partial charge is 0.325 e. The van der Waals surface area contributed by atoms with E-state index in [1.807, 2.05) is 6.07 Å². The third-order valence-corrected chi connectivity index (χ3v) is 4.95. The van der Waals surface area contributed by atoms with E-state index in [9.17, 15) is 14.7 Å². The molecule has 10 heteroatoms. The highest BCUT2D eigenvalue weighted by atomic mass is 16.5. The lowest BCUT2D eigenvalue weighted by Crippen LogP contribution is -2.42. The van der Waals surface area contributed by atoms with Crippen LogP contribution in [0.4, 0.5) is 15.4 Å². The summed E-state index contributed by atoms with van der Waals surface area (Å²) in [5, 5.41) is 15.7. The minimum absolute atomic E-state index is 0.224. The molecule has 3 amide bonds. The first kappa shape index (κ1) is 19.6. The van der Waals surface area contributed by atoms with E-state index in [4.69, 9.17) is 4.74 Å². The predicted octanol–water partition coefficient (Wildman–Crippen LogP) is 2.40. The number of carbonyl (C=O) groups excluding carboxylic acids is 2. The molecule has 0 bridgehead atoms. The third kappa shape index (κ3) is 4.18. The molecule has 0 radical (unpaired) electrons. The van der Waals surface area contributed by atoms with Crippen LogP contribution in [-0.4, -0.2) is 62.8 Å². The Labute approximate surface area is 172 Å². The van der Waals surface area contributed by atoms with Gasteiger partial charge in [0.1, 0.15) is 17.9 Å². The molecule has 1 fully saturated rings. The van der Waals surface area contributed by atoms with Gasteiger partial charge in [0.25, 0.3) is 0 Å². The number of urea groups is 1. The predicted molar refractivity (Wildman–Crippen MR) is 110 cm³/mol. The minimum atomic E-state index is -0.348. The van der Waals surface area contributed by atoms with Crippen molar-refractivity contribution in [2.24, 2.45) is 0 Å². The second-order valence-corrected chi connectivity index (χ2v) is 6.95. The molecule has 3 aromatic rings. The van der Waals surface area contributed by atoms with Gasteiger partial charge in [0.15, 0.2) is 0 Å². The minimum Gasteiger partial charge on any atom is -0.439 e. The van der Waals surface area contributed by atoms with Crippen molar-refractivity contribution < 1.29 is 19.4 Å². The van der Waals surface area contributed by atoms with Crippen molar-refractivity contribution in [2.75, 3.05) is 25.5 Å². The number of benzene rings is 1. The molecule has 3 N–H and O–H groups in total. The Morgan fingerprint density at radius 1 is 1.13 bits per heavy atom. The SMILES string of the molecule is CNC(=O)n1ccc2cc(Oc3cc(NC(=O)N4CCC(O)CC4)ncn3)ccc21. The van der Waals surface area contributed by atoms with Crippen molar-refractivity contribution in [2.45, 2.75) is 18.9 Å². The normalized spacial score (nSPS) is 14.5. The van der Waals surface area contributed by atoms with Gasteiger partial charge in [-0.3, -0.25) is 9.88 Å². The molecular formula is C20H22N6O4. The summed E-state index contributed by atoms with van der Waals surface area (Å²) in [6.07, 6.45) is 3.78. The number of ether oxygens (including phenoxy) is 1. The van der Waals surface area contributed by atoms with E-state index in [0.717, 1.165) is 10.9 Å².